The van der Waals surface area contributed by atoms with Gasteiger partial charge in [0.25, 0.3) is 5.91 Å². The van der Waals surface area contributed by atoms with E-state index >= 15 is 0 Å². The summed E-state index contributed by atoms with van der Waals surface area (Å²) in [5.41, 5.74) is 1.87. The number of aryl methyl sites for hydroxylation is 1. The Balaban J connectivity index is 2.32. The van der Waals surface area contributed by atoms with Crippen molar-refractivity contribution >= 4 is 21.8 Å². The molecule has 3 nitrogen and oxygen atoms in total. The lowest BCUT2D eigenvalue weighted by atomic mass is 10.0. The van der Waals surface area contributed by atoms with Gasteiger partial charge in [-0.3, -0.25) is 4.79 Å². The SMILES string of the molecule is CCc1ccccc1C(=O)NCCCOCCBr. The molecule has 0 radical (unpaired) electrons. The fraction of sp³-hybridized carbons (Fsp3) is 0.500. The largest absolute Gasteiger partial charge is 0.381 e. The van der Waals surface area contributed by atoms with Crippen molar-refractivity contribution in [2.45, 2.75) is 19.8 Å². The van der Waals surface area contributed by atoms with Gasteiger partial charge in [0, 0.05) is 24.0 Å². The Labute approximate surface area is 117 Å². The topological polar surface area (TPSA) is 38.3 Å². The molecule has 18 heavy (non-hydrogen) atoms. The number of nitrogens with one attached hydrogen (secondary N) is 1. The van der Waals surface area contributed by atoms with Crippen LogP contribution in [0.5, 0.6) is 0 Å². The molecule has 0 heterocycles. The zero-order chi connectivity index (χ0) is 13.2. The molecule has 1 rings (SSSR count). The molecule has 0 aliphatic rings. The minimum Gasteiger partial charge on any atom is -0.381 e. The van der Waals surface area contributed by atoms with Crippen molar-refractivity contribution < 1.29 is 9.53 Å². The zero-order valence-electron chi connectivity index (χ0n) is 10.7. The van der Waals surface area contributed by atoms with E-state index in [0.29, 0.717) is 19.8 Å². The number of benzene rings is 1. The van der Waals surface area contributed by atoms with Gasteiger partial charge in [0.1, 0.15) is 0 Å². The van der Waals surface area contributed by atoms with Gasteiger partial charge in [-0.25, -0.2) is 0 Å². The Morgan fingerprint density at radius 2 is 2.11 bits per heavy atom. The highest BCUT2D eigenvalue weighted by Gasteiger charge is 2.08. The third kappa shape index (κ3) is 5.19. The van der Waals surface area contributed by atoms with Crippen molar-refractivity contribution in [2.75, 3.05) is 25.1 Å². The second kappa shape index (κ2) is 9.11. The van der Waals surface area contributed by atoms with Gasteiger partial charge in [-0.1, -0.05) is 41.1 Å². The fourth-order valence-corrected chi connectivity index (χ4v) is 1.91. The molecule has 0 aliphatic carbocycles. The van der Waals surface area contributed by atoms with Gasteiger partial charge in [-0.15, -0.1) is 0 Å². The second-order valence-electron chi connectivity index (χ2n) is 3.92. The van der Waals surface area contributed by atoms with Gasteiger partial charge in [0.15, 0.2) is 0 Å². The Morgan fingerprint density at radius 1 is 1.33 bits per heavy atom. The van der Waals surface area contributed by atoms with E-state index in [2.05, 4.69) is 28.2 Å². The summed E-state index contributed by atoms with van der Waals surface area (Å²) in [6.07, 6.45) is 1.71. The van der Waals surface area contributed by atoms with Crippen LogP contribution in [0.1, 0.15) is 29.3 Å². The number of hydrogen-bond acceptors (Lipinski definition) is 2. The highest BCUT2D eigenvalue weighted by Crippen LogP contribution is 2.08. The first-order valence-corrected chi connectivity index (χ1v) is 7.41. The number of halogens is 1. The first-order valence-electron chi connectivity index (χ1n) is 6.29. The van der Waals surface area contributed by atoms with Gasteiger partial charge in [-0.05, 0) is 24.5 Å². The van der Waals surface area contributed by atoms with Gasteiger partial charge < -0.3 is 10.1 Å². The number of carbonyl (C=O) groups excluding carboxylic acids is 1. The first-order chi connectivity index (χ1) is 8.79. The van der Waals surface area contributed by atoms with Crippen molar-refractivity contribution in [2.24, 2.45) is 0 Å². The van der Waals surface area contributed by atoms with Crippen LogP contribution in [0.2, 0.25) is 0 Å². The molecular weight excluding hydrogens is 294 g/mol. The van der Waals surface area contributed by atoms with Gasteiger partial charge in [-0.2, -0.15) is 0 Å². The summed E-state index contributed by atoms with van der Waals surface area (Å²) in [4.78, 5) is 12.0. The van der Waals surface area contributed by atoms with Crippen LogP contribution in [-0.4, -0.2) is 31.0 Å². The maximum Gasteiger partial charge on any atom is 0.251 e. The quantitative estimate of drug-likeness (QED) is 0.592. The molecule has 0 saturated carbocycles. The lowest BCUT2D eigenvalue weighted by Crippen LogP contribution is -2.26. The van der Waals surface area contributed by atoms with Gasteiger partial charge >= 0.3 is 0 Å². The summed E-state index contributed by atoms with van der Waals surface area (Å²) in [7, 11) is 0. The lowest BCUT2D eigenvalue weighted by Gasteiger charge is -2.08. The molecule has 100 valence electrons. The zero-order valence-corrected chi connectivity index (χ0v) is 12.3. The Hall–Kier alpha value is -0.870. The monoisotopic (exact) mass is 313 g/mol. The van der Waals surface area contributed by atoms with E-state index in [4.69, 9.17) is 4.74 Å². The molecule has 0 unspecified atom stereocenters. The van der Waals surface area contributed by atoms with E-state index < -0.39 is 0 Å². The fourth-order valence-electron chi connectivity index (χ4n) is 1.68. The third-order valence-corrected chi connectivity index (χ3v) is 2.94. The molecule has 1 aromatic rings. The first kappa shape index (κ1) is 15.2. The second-order valence-corrected chi connectivity index (χ2v) is 4.71. The molecule has 0 bridgehead atoms. The van der Waals surface area contributed by atoms with E-state index in [9.17, 15) is 4.79 Å². The summed E-state index contributed by atoms with van der Waals surface area (Å²) in [5, 5.41) is 3.77. The average molecular weight is 314 g/mol. The number of hydrogen-bond donors (Lipinski definition) is 1. The molecule has 0 saturated heterocycles. The van der Waals surface area contributed by atoms with Gasteiger partial charge in [0.2, 0.25) is 0 Å². The van der Waals surface area contributed by atoms with Crippen molar-refractivity contribution in [3.63, 3.8) is 0 Å². The van der Waals surface area contributed by atoms with Crippen LogP contribution in [0.15, 0.2) is 24.3 Å². The van der Waals surface area contributed by atoms with Crippen LogP contribution >= 0.6 is 15.9 Å². The molecule has 4 heteroatoms. The minimum absolute atomic E-state index is 0.00735. The van der Waals surface area contributed by atoms with Crippen LogP contribution in [0, 0.1) is 0 Å². The van der Waals surface area contributed by atoms with E-state index in [-0.39, 0.29) is 5.91 Å². The predicted octanol–water partition coefficient (Wildman–Crippen LogP) is 2.78. The maximum absolute atomic E-state index is 12.0. The Morgan fingerprint density at radius 3 is 2.83 bits per heavy atom. The minimum atomic E-state index is 0.00735. The summed E-state index contributed by atoms with van der Waals surface area (Å²) < 4.78 is 5.32. The lowest BCUT2D eigenvalue weighted by molar-refractivity contribution is 0.0944. The summed E-state index contributed by atoms with van der Waals surface area (Å²) in [6, 6.07) is 7.72. The standard InChI is InChI=1S/C14H20BrNO2/c1-2-12-6-3-4-7-13(12)14(17)16-9-5-10-18-11-8-15/h3-4,6-7H,2,5,8-11H2,1H3,(H,16,17). The molecule has 1 N–H and O–H groups in total. The number of alkyl halides is 1. The average Bonchev–Trinajstić information content (AvgIpc) is 2.42. The van der Waals surface area contributed by atoms with Crippen molar-refractivity contribution in [3.8, 4) is 0 Å². The molecule has 1 amide bonds. The molecule has 0 atom stereocenters. The highest BCUT2D eigenvalue weighted by molar-refractivity contribution is 9.09. The molecule has 0 fully saturated rings. The van der Waals surface area contributed by atoms with Crippen LogP contribution in [0.25, 0.3) is 0 Å². The Bertz CT molecular complexity index is 369. The van der Waals surface area contributed by atoms with Crippen LogP contribution in [0.3, 0.4) is 0 Å². The van der Waals surface area contributed by atoms with E-state index in [1.807, 2.05) is 24.3 Å². The van der Waals surface area contributed by atoms with E-state index in [1.54, 1.807) is 0 Å². The van der Waals surface area contributed by atoms with Crippen molar-refractivity contribution in [3.05, 3.63) is 35.4 Å². The predicted molar refractivity (Wildman–Crippen MR) is 77.4 cm³/mol. The van der Waals surface area contributed by atoms with E-state index in [0.717, 1.165) is 29.3 Å². The van der Waals surface area contributed by atoms with Crippen LogP contribution in [-0.2, 0) is 11.2 Å². The molecule has 0 spiro atoms. The highest BCUT2D eigenvalue weighted by atomic mass is 79.9. The number of rotatable bonds is 8. The maximum atomic E-state index is 12.0. The van der Waals surface area contributed by atoms with Crippen molar-refractivity contribution in [1.82, 2.24) is 5.32 Å². The Kier molecular flexibility index (Phi) is 7.69. The van der Waals surface area contributed by atoms with E-state index in [1.165, 1.54) is 0 Å². The molecule has 1 aromatic carbocycles. The normalized spacial score (nSPS) is 10.3. The number of ether oxygens (including phenoxy) is 1. The number of amides is 1. The van der Waals surface area contributed by atoms with Crippen molar-refractivity contribution in [1.29, 1.82) is 0 Å². The van der Waals surface area contributed by atoms with Crippen LogP contribution in [0.4, 0.5) is 0 Å². The summed E-state index contributed by atoms with van der Waals surface area (Å²) in [5.74, 6) is 0.00735. The molecule has 0 aliphatic heterocycles. The van der Waals surface area contributed by atoms with Crippen LogP contribution < -0.4 is 5.32 Å². The summed E-state index contributed by atoms with van der Waals surface area (Å²) in [6.45, 7) is 4.10. The number of carbonyl (C=O) groups is 1. The van der Waals surface area contributed by atoms with Gasteiger partial charge in [0.05, 0.1) is 6.61 Å². The molecule has 0 aromatic heterocycles. The smallest absolute Gasteiger partial charge is 0.251 e. The third-order valence-electron chi connectivity index (χ3n) is 2.62. The molecular formula is C14H20BrNO2. The summed E-state index contributed by atoms with van der Waals surface area (Å²) >= 11 is 3.29.